The first-order valence-corrected chi connectivity index (χ1v) is 6.09. The van der Waals surface area contributed by atoms with Crippen molar-refractivity contribution in [3.63, 3.8) is 0 Å². The van der Waals surface area contributed by atoms with Crippen molar-refractivity contribution in [3.05, 3.63) is 64.4 Å². The van der Waals surface area contributed by atoms with Crippen LogP contribution in [0.3, 0.4) is 0 Å². The van der Waals surface area contributed by atoms with Crippen molar-refractivity contribution < 1.29 is 13.9 Å². The zero-order valence-electron chi connectivity index (χ0n) is 10.3. The average Bonchev–Trinajstić information content (AvgIpc) is 2.41. The predicted molar refractivity (Wildman–Crippen MR) is 72.4 cm³/mol. The van der Waals surface area contributed by atoms with E-state index in [-0.39, 0.29) is 18.0 Å². The number of carbonyl (C=O) groups excluding carboxylic acids is 1. The minimum Gasteiger partial charge on any atom is -0.494 e. The van der Waals surface area contributed by atoms with E-state index in [2.05, 4.69) is 0 Å². The van der Waals surface area contributed by atoms with E-state index in [0.717, 1.165) is 5.56 Å². The summed E-state index contributed by atoms with van der Waals surface area (Å²) in [7, 11) is 1.38. The van der Waals surface area contributed by atoms with E-state index < -0.39 is 5.82 Å². The van der Waals surface area contributed by atoms with Gasteiger partial charge in [-0.1, -0.05) is 23.7 Å². The summed E-state index contributed by atoms with van der Waals surface area (Å²) in [6.45, 7) is 0. The van der Waals surface area contributed by atoms with E-state index in [1.165, 1.54) is 19.2 Å². The van der Waals surface area contributed by atoms with Crippen molar-refractivity contribution in [1.82, 2.24) is 0 Å². The molecule has 0 saturated carbocycles. The quantitative estimate of drug-likeness (QED) is 0.793. The smallest absolute Gasteiger partial charge is 0.167 e. The highest BCUT2D eigenvalue weighted by Gasteiger charge is 2.10. The molecule has 0 aliphatic rings. The lowest BCUT2D eigenvalue weighted by Crippen LogP contribution is -2.04. The fraction of sp³-hybridized carbons (Fsp3) is 0.133. The normalized spacial score (nSPS) is 10.3. The Morgan fingerprint density at radius 3 is 2.47 bits per heavy atom. The van der Waals surface area contributed by atoms with Crippen molar-refractivity contribution in [1.29, 1.82) is 0 Å². The fourth-order valence-corrected chi connectivity index (χ4v) is 1.86. The molecule has 0 saturated heterocycles. The van der Waals surface area contributed by atoms with Gasteiger partial charge in [0, 0.05) is 17.0 Å². The molecule has 0 aromatic heterocycles. The molecule has 0 bridgehead atoms. The Hall–Kier alpha value is -1.87. The number of Topliss-reactive ketones (excluding diaryl/α,β-unsaturated/α-hetero) is 1. The van der Waals surface area contributed by atoms with Gasteiger partial charge in [0.2, 0.25) is 0 Å². The van der Waals surface area contributed by atoms with Crippen LogP contribution in [0.5, 0.6) is 5.75 Å². The lowest BCUT2D eigenvalue weighted by molar-refractivity contribution is 0.0992. The fourth-order valence-electron chi connectivity index (χ4n) is 1.73. The van der Waals surface area contributed by atoms with Gasteiger partial charge in [-0.3, -0.25) is 4.79 Å². The molecule has 19 heavy (non-hydrogen) atoms. The van der Waals surface area contributed by atoms with Crippen LogP contribution in [0.25, 0.3) is 0 Å². The van der Waals surface area contributed by atoms with Crippen LogP contribution < -0.4 is 4.74 Å². The summed E-state index contributed by atoms with van der Waals surface area (Å²) in [6.07, 6.45) is 0.211. The first-order chi connectivity index (χ1) is 9.10. The summed E-state index contributed by atoms with van der Waals surface area (Å²) in [5, 5.41) is 0.617. The van der Waals surface area contributed by atoms with Crippen molar-refractivity contribution in [2.24, 2.45) is 0 Å². The van der Waals surface area contributed by atoms with Gasteiger partial charge >= 0.3 is 0 Å². The Morgan fingerprint density at radius 2 is 1.89 bits per heavy atom. The lowest BCUT2D eigenvalue weighted by atomic mass is 10.0. The number of benzene rings is 2. The molecule has 0 N–H and O–H groups in total. The summed E-state index contributed by atoms with van der Waals surface area (Å²) in [5.74, 6) is -0.559. The van der Waals surface area contributed by atoms with Crippen LogP contribution in [0, 0.1) is 5.82 Å². The Kier molecular flexibility index (Phi) is 4.17. The number of ether oxygens (including phenoxy) is 1. The van der Waals surface area contributed by atoms with Crippen LogP contribution in [0.1, 0.15) is 15.9 Å². The Labute approximate surface area is 115 Å². The van der Waals surface area contributed by atoms with Gasteiger partial charge in [0.05, 0.1) is 7.11 Å². The first kappa shape index (κ1) is 13.6. The second-order valence-electron chi connectivity index (χ2n) is 4.08. The molecule has 0 atom stereocenters. The van der Waals surface area contributed by atoms with E-state index in [0.29, 0.717) is 10.6 Å². The number of rotatable bonds is 4. The highest BCUT2D eigenvalue weighted by atomic mass is 35.5. The van der Waals surface area contributed by atoms with Gasteiger partial charge in [-0.2, -0.15) is 0 Å². The molecule has 0 amide bonds. The molecule has 4 heteroatoms. The molecule has 2 aromatic rings. The van der Waals surface area contributed by atoms with Crippen LogP contribution in [0.4, 0.5) is 4.39 Å². The standard InChI is InChI=1S/C15H12ClFO2/c1-19-15-7-4-11(9-13(15)17)14(18)8-10-2-5-12(16)6-3-10/h2-7,9H,8H2,1H3. The maximum Gasteiger partial charge on any atom is 0.167 e. The SMILES string of the molecule is COc1ccc(C(=O)Cc2ccc(Cl)cc2)cc1F. The van der Waals surface area contributed by atoms with E-state index in [1.54, 1.807) is 30.3 Å². The van der Waals surface area contributed by atoms with Crippen LogP contribution in [-0.4, -0.2) is 12.9 Å². The van der Waals surface area contributed by atoms with E-state index in [1.807, 2.05) is 0 Å². The molecule has 0 radical (unpaired) electrons. The van der Waals surface area contributed by atoms with E-state index in [4.69, 9.17) is 16.3 Å². The maximum atomic E-state index is 13.5. The second kappa shape index (κ2) is 5.85. The van der Waals surface area contributed by atoms with E-state index in [9.17, 15) is 9.18 Å². The van der Waals surface area contributed by atoms with Gasteiger partial charge in [-0.25, -0.2) is 4.39 Å². The van der Waals surface area contributed by atoms with Crippen molar-refractivity contribution in [3.8, 4) is 5.75 Å². The third-order valence-corrected chi connectivity index (χ3v) is 3.00. The number of halogens is 2. The number of hydrogen-bond acceptors (Lipinski definition) is 2. The Bertz CT molecular complexity index is 594. The molecule has 0 unspecified atom stereocenters. The molecule has 98 valence electrons. The largest absolute Gasteiger partial charge is 0.494 e. The van der Waals surface area contributed by atoms with Gasteiger partial charge in [-0.05, 0) is 35.9 Å². The zero-order valence-corrected chi connectivity index (χ0v) is 11.1. The third-order valence-electron chi connectivity index (χ3n) is 2.75. The lowest BCUT2D eigenvalue weighted by Gasteiger charge is -2.05. The minimum absolute atomic E-state index is 0.128. The summed E-state index contributed by atoms with van der Waals surface area (Å²) in [6, 6.07) is 11.2. The van der Waals surface area contributed by atoms with Crippen LogP contribution in [0.15, 0.2) is 42.5 Å². The van der Waals surface area contributed by atoms with E-state index >= 15 is 0 Å². The number of hydrogen-bond donors (Lipinski definition) is 0. The highest BCUT2D eigenvalue weighted by molar-refractivity contribution is 6.30. The van der Waals surface area contributed by atoms with Gasteiger partial charge in [0.15, 0.2) is 17.3 Å². The highest BCUT2D eigenvalue weighted by Crippen LogP contribution is 2.19. The molecule has 0 aliphatic heterocycles. The Morgan fingerprint density at radius 1 is 1.21 bits per heavy atom. The molecular weight excluding hydrogens is 267 g/mol. The van der Waals surface area contributed by atoms with Crippen LogP contribution >= 0.6 is 11.6 Å². The van der Waals surface area contributed by atoms with Crippen LogP contribution in [-0.2, 0) is 6.42 Å². The summed E-state index contributed by atoms with van der Waals surface area (Å²) >= 11 is 5.77. The van der Waals surface area contributed by atoms with Gasteiger partial charge in [-0.15, -0.1) is 0 Å². The minimum atomic E-state index is -0.538. The molecule has 0 aliphatic carbocycles. The molecule has 2 aromatic carbocycles. The predicted octanol–water partition coefficient (Wildman–Crippen LogP) is 3.91. The van der Waals surface area contributed by atoms with Gasteiger partial charge in [0.25, 0.3) is 0 Å². The van der Waals surface area contributed by atoms with Gasteiger partial charge < -0.3 is 4.74 Å². The average molecular weight is 279 g/mol. The number of carbonyl (C=O) groups is 1. The monoisotopic (exact) mass is 278 g/mol. The molecule has 0 fully saturated rings. The number of ketones is 1. The van der Waals surface area contributed by atoms with Gasteiger partial charge in [0.1, 0.15) is 0 Å². The first-order valence-electron chi connectivity index (χ1n) is 5.71. The number of methoxy groups -OCH3 is 1. The van der Waals surface area contributed by atoms with Crippen molar-refractivity contribution >= 4 is 17.4 Å². The summed E-state index contributed by atoms with van der Waals surface area (Å²) < 4.78 is 18.3. The maximum absolute atomic E-state index is 13.5. The molecule has 0 spiro atoms. The Balaban J connectivity index is 2.16. The topological polar surface area (TPSA) is 26.3 Å². The molecule has 2 rings (SSSR count). The summed E-state index contributed by atoms with van der Waals surface area (Å²) in [5.41, 5.74) is 1.17. The molecule has 2 nitrogen and oxygen atoms in total. The molecule has 0 heterocycles. The third kappa shape index (κ3) is 3.32. The summed E-state index contributed by atoms with van der Waals surface area (Å²) in [4.78, 5) is 12.0. The van der Waals surface area contributed by atoms with Crippen molar-refractivity contribution in [2.75, 3.05) is 7.11 Å². The van der Waals surface area contributed by atoms with Crippen LogP contribution in [0.2, 0.25) is 5.02 Å². The van der Waals surface area contributed by atoms with Crippen molar-refractivity contribution in [2.45, 2.75) is 6.42 Å². The molecular formula is C15H12ClFO2. The second-order valence-corrected chi connectivity index (χ2v) is 4.51. The zero-order chi connectivity index (χ0) is 13.8.